The van der Waals surface area contributed by atoms with Crippen molar-refractivity contribution < 1.29 is 9.18 Å². The zero-order chi connectivity index (χ0) is 17.8. The molecule has 0 fully saturated rings. The van der Waals surface area contributed by atoms with E-state index in [9.17, 15) is 14.0 Å². The second-order valence-corrected chi connectivity index (χ2v) is 5.85. The van der Waals surface area contributed by atoms with Gasteiger partial charge in [-0.2, -0.15) is 0 Å². The Kier molecular flexibility index (Phi) is 4.95. The van der Waals surface area contributed by atoms with Gasteiger partial charge in [0.05, 0.1) is 6.54 Å². The molecule has 1 heterocycles. The van der Waals surface area contributed by atoms with Gasteiger partial charge in [-0.15, -0.1) is 0 Å². The summed E-state index contributed by atoms with van der Waals surface area (Å²) in [7, 11) is 0. The first-order valence-corrected chi connectivity index (χ1v) is 7.92. The lowest BCUT2D eigenvalue weighted by atomic mass is 10.2. The summed E-state index contributed by atoms with van der Waals surface area (Å²) in [5.74, 6) is -0.946. The Morgan fingerprint density at radius 1 is 1.08 bits per heavy atom. The fourth-order valence-electron chi connectivity index (χ4n) is 2.41. The monoisotopic (exact) mass is 356 g/mol. The van der Waals surface area contributed by atoms with E-state index in [4.69, 9.17) is 11.6 Å². The summed E-state index contributed by atoms with van der Waals surface area (Å²) >= 11 is 5.88. The summed E-state index contributed by atoms with van der Waals surface area (Å²) in [6.45, 7) is 0.0454. The highest BCUT2D eigenvalue weighted by molar-refractivity contribution is 6.30. The van der Waals surface area contributed by atoms with Crippen LogP contribution in [0.3, 0.4) is 0 Å². The van der Waals surface area contributed by atoms with Crippen molar-refractivity contribution in [3.8, 4) is 0 Å². The van der Waals surface area contributed by atoms with Crippen LogP contribution in [0.15, 0.2) is 71.7 Å². The molecule has 0 atom stereocenters. The van der Waals surface area contributed by atoms with Crippen LogP contribution < -0.4 is 10.9 Å². The molecule has 0 aliphatic carbocycles. The Morgan fingerprint density at radius 3 is 2.64 bits per heavy atom. The maximum Gasteiger partial charge on any atom is 0.263 e. The van der Waals surface area contributed by atoms with Gasteiger partial charge in [0.2, 0.25) is 0 Å². The quantitative estimate of drug-likeness (QED) is 0.769. The minimum Gasteiger partial charge on any atom is -0.322 e. The summed E-state index contributed by atoms with van der Waals surface area (Å²) < 4.78 is 15.1. The molecule has 0 radical (unpaired) electrons. The van der Waals surface area contributed by atoms with Gasteiger partial charge in [-0.3, -0.25) is 9.59 Å². The molecule has 0 spiro atoms. The molecule has 4 nitrogen and oxygen atoms in total. The number of nitrogens with zero attached hydrogens (tertiary/aromatic N) is 1. The number of carbonyl (C=O) groups is 1. The Morgan fingerprint density at radius 2 is 1.88 bits per heavy atom. The molecule has 1 amide bonds. The van der Waals surface area contributed by atoms with Gasteiger partial charge in [0.15, 0.2) is 0 Å². The fraction of sp³-hybridized carbons (Fsp3) is 0.0526. The highest BCUT2D eigenvalue weighted by Gasteiger charge is 2.13. The van der Waals surface area contributed by atoms with Crippen LogP contribution in [0.1, 0.15) is 15.9 Å². The van der Waals surface area contributed by atoms with E-state index < -0.39 is 17.3 Å². The minimum atomic E-state index is -0.546. The van der Waals surface area contributed by atoms with Crippen molar-refractivity contribution in [3.63, 3.8) is 0 Å². The summed E-state index contributed by atoms with van der Waals surface area (Å²) in [6.07, 6.45) is 1.52. The number of pyridine rings is 1. The normalized spacial score (nSPS) is 10.5. The topological polar surface area (TPSA) is 51.1 Å². The number of rotatable bonds is 4. The van der Waals surface area contributed by atoms with Crippen molar-refractivity contribution >= 4 is 23.2 Å². The van der Waals surface area contributed by atoms with E-state index in [1.54, 1.807) is 48.5 Å². The van der Waals surface area contributed by atoms with E-state index in [-0.39, 0.29) is 12.1 Å². The van der Waals surface area contributed by atoms with Crippen molar-refractivity contribution in [3.05, 3.63) is 99.2 Å². The zero-order valence-corrected chi connectivity index (χ0v) is 13.8. The van der Waals surface area contributed by atoms with Gasteiger partial charge < -0.3 is 9.88 Å². The van der Waals surface area contributed by atoms with E-state index in [1.165, 1.54) is 22.9 Å². The first-order chi connectivity index (χ1) is 12.0. The summed E-state index contributed by atoms with van der Waals surface area (Å²) in [5.41, 5.74) is 0.336. The second-order valence-electron chi connectivity index (χ2n) is 5.41. The van der Waals surface area contributed by atoms with Crippen LogP contribution in [0.2, 0.25) is 5.02 Å². The number of carbonyl (C=O) groups excluding carboxylic acids is 1. The van der Waals surface area contributed by atoms with E-state index in [2.05, 4.69) is 5.32 Å². The molecule has 2 aromatic carbocycles. The Labute approximate surface area is 148 Å². The van der Waals surface area contributed by atoms with Crippen molar-refractivity contribution in [2.24, 2.45) is 0 Å². The Bertz CT molecular complexity index is 985. The number of benzene rings is 2. The largest absolute Gasteiger partial charge is 0.322 e. The van der Waals surface area contributed by atoms with E-state index in [0.717, 1.165) is 0 Å². The second kappa shape index (κ2) is 7.32. The third-order valence-corrected chi connectivity index (χ3v) is 3.88. The van der Waals surface area contributed by atoms with Crippen LogP contribution in [0, 0.1) is 5.82 Å². The van der Waals surface area contributed by atoms with Crippen LogP contribution >= 0.6 is 11.6 Å². The molecule has 0 aliphatic rings. The highest BCUT2D eigenvalue weighted by atomic mass is 35.5. The van der Waals surface area contributed by atoms with Crippen LogP contribution in [-0.2, 0) is 6.54 Å². The van der Waals surface area contributed by atoms with Crippen LogP contribution in [0.4, 0.5) is 10.1 Å². The lowest BCUT2D eigenvalue weighted by Gasteiger charge is -2.09. The van der Waals surface area contributed by atoms with E-state index in [1.807, 2.05) is 0 Å². The van der Waals surface area contributed by atoms with Crippen LogP contribution in [-0.4, -0.2) is 10.5 Å². The maximum atomic E-state index is 13.8. The van der Waals surface area contributed by atoms with Gasteiger partial charge in [0.25, 0.3) is 11.5 Å². The molecule has 0 aliphatic heterocycles. The van der Waals surface area contributed by atoms with Crippen LogP contribution in [0.5, 0.6) is 0 Å². The average molecular weight is 357 g/mol. The predicted octanol–water partition coefficient (Wildman–Crippen LogP) is 3.94. The summed E-state index contributed by atoms with van der Waals surface area (Å²) in [5, 5.41) is 3.11. The van der Waals surface area contributed by atoms with Gasteiger partial charge in [-0.05, 0) is 36.4 Å². The third-order valence-electron chi connectivity index (χ3n) is 3.65. The van der Waals surface area contributed by atoms with Gasteiger partial charge in [-0.25, -0.2) is 4.39 Å². The fourth-order valence-corrected chi connectivity index (χ4v) is 2.60. The Hall–Kier alpha value is -2.92. The number of halogens is 2. The molecular weight excluding hydrogens is 343 g/mol. The van der Waals surface area contributed by atoms with Crippen molar-refractivity contribution in [2.45, 2.75) is 6.54 Å². The zero-order valence-electron chi connectivity index (χ0n) is 13.1. The molecular formula is C19H14ClFN2O2. The van der Waals surface area contributed by atoms with Crippen LogP contribution in [0.25, 0.3) is 0 Å². The number of amides is 1. The smallest absolute Gasteiger partial charge is 0.263 e. The standard InChI is InChI=1S/C19H14ClFN2O2/c20-14-6-3-7-15(11-14)22-18(24)16-8-4-10-23(19(16)25)12-13-5-1-2-9-17(13)21/h1-11H,12H2,(H,22,24). The lowest BCUT2D eigenvalue weighted by Crippen LogP contribution is -2.29. The molecule has 6 heteroatoms. The number of hydrogen-bond acceptors (Lipinski definition) is 2. The molecule has 1 N–H and O–H groups in total. The molecule has 0 saturated heterocycles. The first-order valence-electron chi connectivity index (χ1n) is 7.54. The first kappa shape index (κ1) is 16.9. The lowest BCUT2D eigenvalue weighted by molar-refractivity contribution is 0.102. The van der Waals surface area contributed by atoms with Crippen molar-refractivity contribution in [1.29, 1.82) is 0 Å². The molecule has 3 rings (SSSR count). The van der Waals surface area contributed by atoms with Gasteiger partial charge in [-0.1, -0.05) is 35.9 Å². The summed E-state index contributed by atoms with van der Waals surface area (Å²) in [4.78, 5) is 24.9. The third kappa shape index (κ3) is 3.95. The molecule has 25 heavy (non-hydrogen) atoms. The maximum absolute atomic E-state index is 13.8. The molecule has 0 saturated carbocycles. The van der Waals surface area contributed by atoms with Crippen molar-refractivity contribution in [1.82, 2.24) is 4.57 Å². The van der Waals surface area contributed by atoms with E-state index in [0.29, 0.717) is 16.3 Å². The number of anilines is 1. The Balaban J connectivity index is 1.87. The average Bonchev–Trinajstić information content (AvgIpc) is 2.58. The number of nitrogens with one attached hydrogen (secondary N) is 1. The number of hydrogen-bond donors (Lipinski definition) is 1. The SMILES string of the molecule is O=C(Nc1cccc(Cl)c1)c1cccn(Cc2ccccc2F)c1=O. The highest BCUT2D eigenvalue weighted by Crippen LogP contribution is 2.15. The van der Waals surface area contributed by atoms with Gasteiger partial charge in [0, 0.05) is 22.5 Å². The molecule has 1 aromatic heterocycles. The molecule has 0 unspecified atom stereocenters. The molecule has 3 aromatic rings. The van der Waals surface area contributed by atoms with E-state index >= 15 is 0 Å². The predicted molar refractivity (Wildman–Crippen MR) is 95.6 cm³/mol. The van der Waals surface area contributed by atoms with Crippen molar-refractivity contribution in [2.75, 3.05) is 5.32 Å². The molecule has 0 bridgehead atoms. The number of aromatic nitrogens is 1. The minimum absolute atomic E-state index is 0.0289. The summed E-state index contributed by atoms with van der Waals surface area (Å²) in [6, 6.07) is 15.8. The van der Waals surface area contributed by atoms with Gasteiger partial charge in [0.1, 0.15) is 11.4 Å². The van der Waals surface area contributed by atoms with Gasteiger partial charge >= 0.3 is 0 Å². The molecule has 126 valence electrons.